The standard InChI is InChI=1S/C49H76N8O11/c1-12-30(6)44(55(9)49(65)42(28(2)3)53-48(64)43(29(4)5)54(8)23-16-20-41(61)68-57-38(58)21-22-39(57)59)37(66-10)26-40(60)56-24-15-19-36(56)45(67-11)31(7)47(63)52-35(46(50)62)25-32-27-51-34-18-14-13-17-33(32)34/h13-14,17-18,27-31,35-37,42-45,51H,12,15-16,19-26H2,1-11H3,(H2,50,62)(H,52,63)(H,53,64)/t30?,31?,35?,36-,37?,42?,43?,44?,45?/m0/s1. The number of rotatable bonds is 26. The van der Waals surface area contributed by atoms with E-state index in [2.05, 4.69) is 15.6 Å². The molecule has 0 aliphatic carbocycles. The van der Waals surface area contributed by atoms with Crippen LogP contribution >= 0.6 is 0 Å². The van der Waals surface area contributed by atoms with Crippen LogP contribution in [0, 0.1) is 23.7 Å². The summed E-state index contributed by atoms with van der Waals surface area (Å²) in [6, 6.07) is 4.05. The number of benzene rings is 1. The number of ether oxygens (including phenoxy) is 2. The van der Waals surface area contributed by atoms with Crippen LogP contribution in [-0.4, -0.2) is 156 Å². The first-order valence-corrected chi connectivity index (χ1v) is 24.0. The summed E-state index contributed by atoms with van der Waals surface area (Å²) in [4.78, 5) is 119. The van der Waals surface area contributed by atoms with Crippen LogP contribution < -0.4 is 16.4 Å². The lowest BCUT2D eigenvalue weighted by molar-refractivity contribution is -0.197. The van der Waals surface area contributed by atoms with Crippen molar-refractivity contribution >= 4 is 58.2 Å². The number of likely N-dealkylation sites (N-methyl/N-ethyl adjacent to an activating group) is 2. The van der Waals surface area contributed by atoms with Crippen molar-refractivity contribution in [2.24, 2.45) is 29.4 Å². The average Bonchev–Trinajstić information content (AvgIpc) is 4.03. The molecule has 19 nitrogen and oxygen atoms in total. The maximum atomic E-state index is 14.6. The van der Waals surface area contributed by atoms with E-state index in [1.165, 1.54) is 14.2 Å². The van der Waals surface area contributed by atoms with Gasteiger partial charge in [-0.2, -0.15) is 0 Å². The number of nitrogens with one attached hydrogen (secondary N) is 3. The Hall–Kier alpha value is -5.40. The van der Waals surface area contributed by atoms with E-state index in [0.717, 1.165) is 16.5 Å². The molecule has 5 N–H and O–H groups in total. The zero-order valence-corrected chi connectivity index (χ0v) is 41.9. The van der Waals surface area contributed by atoms with Gasteiger partial charge in [-0.3, -0.25) is 38.5 Å². The zero-order chi connectivity index (χ0) is 50.6. The molecule has 4 rings (SSSR count). The zero-order valence-electron chi connectivity index (χ0n) is 41.9. The Morgan fingerprint density at radius 1 is 0.912 bits per heavy atom. The lowest BCUT2D eigenvalue weighted by Gasteiger charge is -2.41. The molecular weight excluding hydrogens is 877 g/mol. The first kappa shape index (κ1) is 55.2. The monoisotopic (exact) mass is 953 g/mol. The molecule has 2 saturated heterocycles. The number of nitrogens with zero attached hydrogens (tertiary/aromatic N) is 4. The van der Waals surface area contributed by atoms with Crippen molar-refractivity contribution in [1.29, 1.82) is 0 Å². The fraction of sp³-hybridized carbons (Fsp3) is 0.673. The number of aromatic nitrogens is 1. The van der Waals surface area contributed by atoms with Crippen molar-refractivity contribution in [3.63, 3.8) is 0 Å². The third-order valence-electron chi connectivity index (χ3n) is 13.7. The molecule has 9 atom stereocenters. The quantitative estimate of drug-likeness (QED) is 0.0996. The number of aromatic amines is 1. The summed E-state index contributed by atoms with van der Waals surface area (Å²) < 4.78 is 12.0. The molecule has 0 radical (unpaired) electrons. The molecule has 2 aliphatic heterocycles. The molecule has 2 aromatic rings. The number of fused-ring (bicyclic) bond motifs is 1. The number of H-pyrrole nitrogens is 1. The highest BCUT2D eigenvalue weighted by Gasteiger charge is 2.44. The highest BCUT2D eigenvalue weighted by molar-refractivity contribution is 6.01. The average molecular weight is 953 g/mol. The minimum absolute atomic E-state index is 0.00260. The summed E-state index contributed by atoms with van der Waals surface area (Å²) in [6.45, 7) is 13.9. The van der Waals surface area contributed by atoms with Crippen LogP contribution in [0.4, 0.5) is 0 Å². The van der Waals surface area contributed by atoms with Gasteiger partial charge in [-0.1, -0.05) is 73.1 Å². The van der Waals surface area contributed by atoms with Crippen molar-refractivity contribution in [1.82, 2.24) is 35.4 Å². The lowest BCUT2D eigenvalue weighted by atomic mass is 9.89. The fourth-order valence-corrected chi connectivity index (χ4v) is 9.75. The Kier molecular flexibility index (Phi) is 20.5. The summed E-state index contributed by atoms with van der Waals surface area (Å²) in [5.74, 6) is -5.27. The predicted octanol–water partition coefficient (Wildman–Crippen LogP) is 3.09. The Morgan fingerprint density at radius 3 is 2.16 bits per heavy atom. The number of hydrogen-bond acceptors (Lipinski definition) is 12. The van der Waals surface area contributed by atoms with Crippen LogP contribution in [0.25, 0.3) is 10.9 Å². The number of hydrogen-bond donors (Lipinski definition) is 4. The van der Waals surface area contributed by atoms with Crippen molar-refractivity contribution in [2.45, 2.75) is 149 Å². The normalized spacial score (nSPS) is 18.9. The highest BCUT2D eigenvalue weighted by atomic mass is 16.7. The number of methoxy groups -OCH3 is 2. The molecular formula is C49H76N8O11. The summed E-state index contributed by atoms with van der Waals surface area (Å²) in [5.41, 5.74) is 7.53. The summed E-state index contributed by atoms with van der Waals surface area (Å²) in [6.07, 6.45) is 2.59. The minimum atomic E-state index is -0.983. The molecule has 1 aromatic heterocycles. The first-order chi connectivity index (χ1) is 32.2. The maximum absolute atomic E-state index is 14.6. The van der Waals surface area contributed by atoms with Crippen LogP contribution in [0.2, 0.25) is 0 Å². The second kappa shape index (κ2) is 25.3. The summed E-state index contributed by atoms with van der Waals surface area (Å²) in [5, 5.41) is 7.29. The molecule has 2 fully saturated rings. The van der Waals surface area contributed by atoms with Crippen LogP contribution in [0.1, 0.15) is 105 Å². The van der Waals surface area contributed by atoms with Gasteiger partial charge in [-0.15, -0.1) is 5.06 Å². The van der Waals surface area contributed by atoms with Gasteiger partial charge in [-0.25, -0.2) is 4.79 Å². The molecule has 0 bridgehead atoms. The number of hydroxylamine groups is 2. The SMILES string of the molecule is CCC(C)C(C(CC(=O)N1CCC[C@H]1C(OC)C(C)C(=O)NC(Cc1c[nH]c2ccccc12)C(N)=O)OC)N(C)C(=O)C(NC(=O)C(C(C)C)N(C)CCCC(=O)ON1C(=O)CCC1=O)C(C)C. The van der Waals surface area contributed by atoms with E-state index in [-0.39, 0.29) is 74.0 Å². The Balaban J connectivity index is 1.42. The first-order valence-electron chi connectivity index (χ1n) is 24.0. The Labute approximate surface area is 400 Å². The Bertz CT molecular complexity index is 2080. The van der Waals surface area contributed by atoms with Gasteiger partial charge in [0.1, 0.15) is 12.1 Å². The van der Waals surface area contributed by atoms with E-state index >= 15 is 0 Å². The van der Waals surface area contributed by atoms with Crippen molar-refractivity contribution in [3.05, 3.63) is 36.0 Å². The lowest BCUT2D eigenvalue weighted by Crippen LogP contribution is -2.60. The van der Waals surface area contributed by atoms with E-state index in [4.69, 9.17) is 20.0 Å². The molecule has 1 aromatic carbocycles. The summed E-state index contributed by atoms with van der Waals surface area (Å²) in [7, 11) is 6.44. The number of primary amides is 1. The second-order valence-corrected chi connectivity index (χ2v) is 19.2. The maximum Gasteiger partial charge on any atom is 0.333 e. The minimum Gasteiger partial charge on any atom is -0.379 e. The number of nitrogens with two attached hydrogens (primary N) is 1. The predicted molar refractivity (Wildman–Crippen MR) is 254 cm³/mol. The molecule has 2 aliphatic rings. The summed E-state index contributed by atoms with van der Waals surface area (Å²) >= 11 is 0. The number of carbonyl (C=O) groups is 8. The fourth-order valence-electron chi connectivity index (χ4n) is 9.75. The third-order valence-corrected chi connectivity index (χ3v) is 13.7. The van der Waals surface area contributed by atoms with E-state index < -0.39 is 77.9 Å². The molecule has 68 heavy (non-hydrogen) atoms. The highest BCUT2D eigenvalue weighted by Crippen LogP contribution is 2.30. The van der Waals surface area contributed by atoms with Crippen molar-refractivity contribution in [2.75, 3.05) is 41.4 Å². The number of amides is 7. The Morgan fingerprint density at radius 2 is 1.57 bits per heavy atom. The van der Waals surface area contributed by atoms with E-state index in [1.54, 1.807) is 41.9 Å². The molecule has 8 unspecified atom stereocenters. The number of imide groups is 1. The van der Waals surface area contributed by atoms with Crippen LogP contribution in [-0.2, 0) is 59.1 Å². The van der Waals surface area contributed by atoms with E-state index in [1.807, 2.05) is 65.8 Å². The molecule has 19 heteroatoms. The van der Waals surface area contributed by atoms with Gasteiger partial charge in [0.15, 0.2) is 0 Å². The molecule has 0 saturated carbocycles. The molecule has 0 spiro atoms. The van der Waals surface area contributed by atoms with Gasteiger partial charge < -0.3 is 45.5 Å². The number of para-hydroxylation sites is 1. The van der Waals surface area contributed by atoms with Gasteiger partial charge in [-0.05, 0) is 62.2 Å². The smallest absolute Gasteiger partial charge is 0.333 e. The van der Waals surface area contributed by atoms with Crippen LogP contribution in [0.3, 0.4) is 0 Å². The number of likely N-dealkylation sites (tertiary alicyclic amines) is 1. The van der Waals surface area contributed by atoms with Crippen LogP contribution in [0.15, 0.2) is 30.5 Å². The van der Waals surface area contributed by atoms with Crippen molar-refractivity contribution < 1.29 is 52.7 Å². The number of carbonyl (C=O) groups excluding carboxylic acids is 8. The molecule has 378 valence electrons. The molecule has 7 amide bonds. The largest absolute Gasteiger partial charge is 0.379 e. The van der Waals surface area contributed by atoms with Gasteiger partial charge in [0.2, 0.25) is 29.5 Å². The third kappa shape index (κ3) is 13.6. The second-order valence-electron chi connectivity index (χ2n) is 19.2. The topological polar surface area (TPSA) is 243 Å². The van der Waals surface area contributed by atoms with E-state index in [9.17, 15) is 38.4 Å². The van der Waals surface area contributed by atoms with Gasteiger partial charge >= 0.3 is 5.97 Å². The van der Waals surface area contributed by atoms with Gasteiger partial charge in [0, 0.05) is 70.6 Å². The van der Waals surface area contributed by atoms with Crippen LogP contribution in [0.5, 0.6) is 0 Å². The van der Waals surface area contributed by atoms with Crippen molar-refractivity contribution in [3.8, 4) is 0 Å². The van der Waals surface area contributed by atoms with Gasteiger partial charge in [0.25, 0.3) is 11.8 Å². The molecule has 3 heterocycles. The van der Waals surface area contributed by atoms with E-state index in [0.29, 0.717) is 37.4 Å². The van der Waals surface area contributed by atoms with Gasteiger partial charge in [0.05, 0.1) is 42.7 Å².